The first-order valence-electron chi connectivity index (χ1n) is 7.92. The van der Waals surface area contributed by atoms with Gasteiger partial charge in [-0.1, -0.05) is 20.3 Å². The molecule has 2 atom stereocenters. The van der Waals surface area contributed by atoms with Crippen LogP contribution in [0, 0.1) is 17.8 Å². The lowest BCUT2D eigenvalue weighted by atomic mass is 9.87. The van der Waals surface area contributed by atoms with E-state index in [0.717, 1.165) is 37.6 Å². The van der Waals surface area contributed by atoms with E-state index in [1.54, 1.807) is 0 Å². The molecule has 104 valence electrons. The largest absolute Gasteiger partial charge is 0.303 e. The van der Waals surface area contributed by atoms with E-state index in [1.807, 2.05) is 0 Å². The Labute approximate surface area is 112 Å². The number of ketones is 1. The smallest absolute Gasteiger partial charge is 0.137 e. The summed E-state index contributed by atoms with van der Waals surface area (Å²) in [5, 5.41) is 0. The van der Waals surface area contributed by atoms with E-state index in [0.29, 0.717) is 11.7 Å². The predicted octanol–water partition coefficient (Wildman–Crippen LogP) is 3.50. The molecule has 2 nitrogen and oxygen atoms in total. The number of nitrogens with zero attached hydrogens (tertiary/aromatic N) is 1. The normalized spacial score (nSPS) is 31.6. The van der Waals surface area contributed by atoms with E-state index in [2.05, 4.69) is 18.7 Å². The zero-order valence-electron chi connectivity index (χ0n) is 12.2. The van der Waals surface area contributed by atoms with E-state index in [-0.39, 0.29) is 0 Å². The first-order chi connectivity index (χ1) is 8.66. The average molecular weight is 251 g/mol. The fraction of sp³-hybridized carbons (Fsp3) is 0.938. The summed E-state index contributed by atoms with van der Waals surface area (Å²) in [5.41, 5.74) is 0. The van der Waals surface area contributed by atoms with Gasteiger partial charge in [0.2, 0.25) is 0 Å². The van der Waals surface area contributed by atoms with Crippen molar-refractivity contribution in [1.82, 2.24) is 4.90 Å². The van der Waals surface area contributed by atoms with Crippen molar-refractivity contribution in [3.63, 3.8) is 0 Å². The molecule has 0 radical (unpaired) electrons. The van der Waals surface area contributed by atoms with Crippen LogP contribution in [-0.4, -0.2) is 30.3 Å². The number of hydrogen-bond acceptors (Lipinski definition) is 2. The Kier molecular flexibility index (Phi) is 5.23. The van der Waals surface area contributed by atoms with E-state index < -0.39 is 0 Å². The van der Waals surface area contributed by atoms with Crippen LogP contribution in [0.5, 0.6) is 0 Å². The second-order valence-corrected chi connectivity index (χ2v) is 6.64. The molecule has 1 saturated heterocycles. The van der Waals surface area contributed by atoms with Crippen LogP contribution in [0.25, 0.3) is 0 Å². The molecule has 1 heterocycles. The fourth-order valence-corrected chi connectivity index (χ4v) is 3.59. The maximum absolute atomic E-state index is 11.9. The van der Waals surface area contributed by atoms with Crippen molar-refractivity contribution in [2.24, 2.45) is 17.8 Å². The van der Waals surface area contributed by atoms with Crippen molar-refractivity contribution >= 4 is 5.78 Å². The van der Waals surface area contributed by atoms with Gasteiger partial charge in [-0.3, -0.25) is 4.79 Å². The van der Waals surface area contributed by atoms with Crippen LogP contribution in [-0.2, 0) is 4.79 Å². The van der Waals surface area contributed by atoms with Crippen LogP contribution in [0.3, 0.4) is 0 Å². The highest BCUT2D eigenvalue weighted by Gasteiger charge is 2.26. The molecule has 1 aliphatic carbocycles. The summed E-state index contributed by atoms with van der Waals surface area (Å²) in [6.45, 7) is 8.18. The highest BCUT2D eigenvalue weighted by atomic mass is 16.1. The monoisotopic (exact) mass is 251 g/mol. The number of carbonyl (C=O) groups excluding carboxylic acids is 1. The molecule has 18 heavy (non-hydrogen) atoms. The van der Waals surface area contributed by atoms with Crippen molar-refractivity contribution < 1.29 is 4.79 Å². The molecule has 2 fully saturated rings. The minimum Gasteiger partial charge on any atom is -0.303 e. The van der Waals surface area contributed by atoms with Gasteiger partial charge in [-0.2, -0.15) is 0 Å². The molecule has 2 aliphatic rings. The van der Waals surface area contributed by atoms with Gasteiger partial charge in [0.1, 0.15) is 5.78 Å². The summed E-state index contributed by atoms with van der Waals surface area (Å²) < 4.78 is 0. The molecular weight excluding hydrogens is 222 g/mol. The summed E-state index contributed by atoms with van der Waals surface area (Å²) in [4.78, 5) is 14.5. The van der Waals surface area contributed by atoms with Gasteiger partial charge in [0, 0.05) is 18.9 Å². The van der Waals surface area contributed by atoms with Crippen molar-refractivity contribution in [3.8, 4) is 0 Å². The van der Waals surface area contributed by atoms with E-state index in [1.165, 1.54) is 38.8 Å². The highest BCUT2D eigenvalue weighted by molar-refractivity contribution is 5.81. The van der Waals surface area contributed by atoms with Gasteiger partial charge >= 0.3 is 0 Å². The molecule has 1 saturated carbocycles. The molecule has 0 aromatic carbocycles. The maximum Gasteiger partial charge on any atom is 0.137 e. The third-order valence-electron chi connectivity index (χ3n) is 4.97. The number of hydrogen-bond donors (Lipinski definition) is 0. The summed E-state index contributed by atoms with van der Waals surface area (Å²) >= 11 is 0. The SMILES string of the molecule is CC(C)C1CCCN(CC2CCCCC2=O)CC1. The minimum absolute atomic E-state index is 0.356. The second-order valence-electron chi connectivity index (χ2n) is 6.64. The first kappa shape index (κ1) is 14.0. The average Bonchev–Trinajstić information content (AvgIpc) is 2.58. The van der Waals surface area contributed by atoms with Crippen molar-refractivity contribution in [3.05, 3.63) is 0 Å². The van der Waals surface area contributed by atoms with Gasteiger partial charge in [0.05, 0.1) is 0 Å². The van der Waals surface area contributed by atoms with E-state index in [9.17, 15) is 4.79 Å². The zero-order valence-corrected chi connectivity index (χ0v) is 12.2. The van der Waals surface area contributed by atoms with Crippen LogP contribution in [0.15, 0.2) is 0 Å². The summed E-state index contributed by atoms with van der Waals surface area (Å²) in [6.07, 6.45) is 8.41. The summed E-state index contributed by atoms with van der Waals surface area (Å²) in [5.74, 6) is 2.61. The summed E-state index contributed by atoms with van der Waals surface area (Å²) in [6, 6.07) is 0. The Morgan fingerprint density at radius 1 is 1.11 bits per heavy atom. The van der Waals surface area contributed by atoms with Gasteiger partial charge in [-0.15, -0.1) is 0 Å². The quantitative estimate of drug-likeness (QED) is 0.765. The molecule has 2 unspecified atom stereocenters. The fourth-order valence-electron chi connectivity index (χ4n) is 3.59. The lowest BCUT2D eigenvalue weighted by Crippen LogP contribution is -2.35. The molecule has 0 aromatic heterocycles. The Hall–Kier alpha value is -0.370. The van der Waals surface area contributed by atoms with Gasteiger partial charge in [-0.05, 0) is 57.0 Å². The Morgan fingerprint density at radius 3 is 2.67 bits per heavy atom. The zero-order chi connectivity index (χ0) is 13.0. The van der Waals surface area contributed by atoms with Gasteiger partial charge < -0.3 is 4.90 Å². The molecule has 2 heteroatoms. The highest BCUT2D eigenvalue weighted by Crippen LogP contribution is 2.27. The first-order valence-corrected chi connectivity index (χ1v) is 7.92. The van der Waals surface area contributed by atoms with Crippen LogP contribution < -0.4 is 0 Å². The van der Waals surface area contributed by atoms with Gasteiger partial charge in [0.15, 0.2) is 0 Å². The lowest BCUT2D eigenvalue weighted by molar-refractivity contribution is -0.125. The van der Waals surface area contributed by atoms with Crippen LogP contribution in [0.2, 0.25) is 0 Å². The standard InChI is InChI=1S/C16H29NO/c1-13(2)14-7-5-10-17(11-9-14)12-15-6-3-4-8-16(15)18/h13-15H,3-12H2,1-2H3. The van der Waals surface area contributed by atoms with Gasteiger partial charge in [-0.25, -0.2) is 0 Å². The predicted molar refractivity (Wildman–Crippen MR) is 75.6 cm³/mol. The lowest BCUT2D eigenvalue weighted by Gasteiger charge is -2.28. The van der Waals surface area contributed by atoms with Crippen molar-refractivity contribution in [2.45, 2.75) is 58.8 Å². The molecule has 0 aromatic rings. The molecule has 0 bridgehead atoms. The van der Waals surface area contributed by atoms with E-state index in [4.69, 9.17) is 0 Å². The third-order valence-corrected chi connectivity index (χ3v) is 4.97. The summed E-state index contributed by atoms with van der Waals surface area (Å²) in [7, 11) is 0. The number of Topliss-reactive ketones (excluding diaryl/α,β-unsaturated/α-hetero) is 1. The molecule has 2 rings (SSSR count). The number of carbonyl (C=O) groups is 1. The van der Waals surface area contributed by atoms with Crippen LogP contribution in [0.1, 0.15) is 58.8 Å². The molecule has 0 amide bonds. The van der Waals surface area contributed by atoms with Crippen molar-refractivity contribution in [1.29, 1.82) is 0 Å². The second kappa shape index (κ2) is 6.70. The minimum atomic E-state index is 0.356. The number of rotatable bonds is 3. The Balaban J connectivity index is 1.81. The third kappa shape index (κ3) is 3.81. The number of likely N-dealkylation sites (tertiary alicyclic amines) is 1. The van der Waals surface area contributed by atoms with Crippen LogP contribution in [0.4, 0.5) is 0 Å². The van der Waals surface area contributed by atoms with Crippen LogP contribution >= 0.6 is 0 Å². The maximum atomic E-state index is 11.9. The molecule has 1 aliphatic heterocycles. The molecule has 0 N–H and O–H groups in total. The van der Waals surface area contributed by atoms with Crippen molar-refractivity contribution in [2.75, 3.05) is 19.6 Å². The topological polar surface area (TPSA) is 20.3 Å². The van der Waals surface area contributed by atoms with E-state index >= 15 is 0 Å². The molecular formula is C16H29NO. The Morgan fingerprint density at radius 2 is 1.94 bits per heavy atom. The Bertz CT molecular complexity index is 274. The van der Waals surface area contributed by atoms with Gasteiger partial charge in [0.25, 0.3) is 0 Å². The molecule has 0 spiro atoms.